The van der Waals surface area contributed by atoms with Crippen molar-refractivity contribution in [2.75, 3.05) is 4.90 Å². The maximum atomic E-state index is 13.7. The number of carbonyl (C=O) groups is 1. The molecule has 0 unspecified atom stereocenters. The van der Waals surface area contributed by atoms with E-state index in [4.69, 9.17) is 56.1 Å². The lowest BCUT2D eigenvalue weighted by Gasteiger charge is -2.16. The van der Waals surface area contributed by atoms with Crippen LogP contribution in [0.25, 0.3) is 6.08 Å². The largest absolute Gasteiger partial charge is 0.486 e. The Morgan fingerprint density at radius 1 is 0.854 bits per heavy atom. The summed E-state index contributed by atoms with van der Waals surface area (Å²) in [6.45, 7) is 4.13. The van der Waals surface area contributed by atoms with Crippen LogP contribution in [0.5, 0.6) is 5.75 Å². The van der Waals surface area contributed by atoms with Gasteiger partial charge < -0.3 is 4.74 Å². The first-order chi connectivity index (χ1) is 19.6. The average molecular weight is 707 g/mol. The highest BCUT2D eigenvalue weighted by atomic mass is 79.9. The van der Waals surface area contributed by atoms with Crippen LogP contribution in [-0.2, 0) is 11.4 Å². The number of aliphatic imine (C=N–C) groups is 1. The van der Waals surface area contributed by atoms with Gasteiger partial charge in [-0.25, -0.2) is 4.99 Å². The number of nitrogens with zero attached hydrogens (tertiary/aromatic N) is 2. The highest BCUT2D eigenvalue weighted by molar-refractivity contribution is 9.10. The molecule has 4 aromatic rings. The van der Waals surface area contributed by atoms with Gasteiger partial charge in [0.05, 0.1) is 26.3 Å². The van der Waals surface area contributed by atoms with E-state index in [0.29, 0.717) is 59.5 Å². The number of benzene rings is 4. The smallest absolute Gasteiger partial charge is 0.271 e. The lowest BCUT2D eigenvalue weighted by Crippen LogP contribution is -2.28. The predicted molar refractivity (Wildman–Crippen MR) is 177 cm³/mol. The molecule has 0 radical (unpaired) electrons. The number of halogens is 5. The summed E-state index contributed by atoms with van der Waals surface area (Å²) in [6, 6.07) is 22.2. The molecule has 10 heteroatoms. The van der Waals surface area contributed by atoms with Gasteiger partial charge in [-0.05, 0) is 102 Å². The van der Waals surface area contributed by atoms with Gasteiger partial charge in [-0.2, -0.15) is 0 Å². The number of hydrogen-bond acceptors (Lipinski definition) is 4. The zero-order chi connectivity index (χ0) is 29.3. The van der Waals surface area contributed by atoms with E-state index in [1.54, 1.807) is 30.3 Å². The first-order valence-corrected chi connectivity index (χ1v) is 15.4. The summed E-state index contributed by atoms with van der Waals surface area (Å²) in [5.74, 6) is 0.118. The van der Waals surface area contributed by atoms with Crippen LogP contribution in [0.15, 0.2) is 87.2 Å². The molecule has 1 amide bonds. The van der Waals surface area contributed by atoms with Gasteiger partial charge in [-0.15, -0.1) is 0 Å². The second-order valence-electron chi connectivity index (χ2n) is 9.24. The van der Waals surface area contributed by atoms with Crippen LogP contribution in [0.4, 0.5) is 11.4 Å². The molecule has 1 aliphatic rings. The fourth-order valence-corrected chi connectivity index (χ4v) is 6.18. The Labute approximate surface area is 271 Å². The van der Waals surface area contributed by atoms with E-state index in [9.17, 15) is 4.79 Å². The summed E-state index contributed by atoms with van der Waals surface area (Å²) < 4.78 is 6.89. The molecule has 0 spiro atoms. The summed E-state index contributed by atoms with van der Waals surface area (Å²) >= 11 is 30.6. The Balaban J connectivity index is 1.47. The van der Waals surface area contributed by atoms with Crippen molar-refractivity contribution in [3.63, 3.8) is 0 Å². The van der Waals surface area contributed by atoms with E-state index < -0.39 is 0 Å². The second-order valence-corrected chi connectivity index (χ2v) is 12.8. The zero-order valence-corrected chi connectivity index (χ0v) is 27.1. The molecule has 0 bridgehead atoms. The van der Waals surface area contributed by atoms with Gasteiger partial charge in [0.25, 0.3) is 5.91 Å². The van der Waals surface area contributed by atoms with Crippen molar-refractivity contribution in [2.24, 2.45) is 4.99 Å². The molecule has 4 aromatic carbocycles. The Morgan fingerprint density at radius 2 is 1.49 bits per heavy atom. The fraction of sp³-hybridized carbons (Fsp3) is 0.0968. The molecule has 1 aliphatic heterocycles. The molecule has 0 atom stereocenters. The molecule has 1 fully saturated rings. The third-order valence-electron chi connectivity index (χ3n) is 6.21. The summed E-state index contributed by atoms with van der Waals surface area (Å²) in [5.41, 5.74) is 4.68. The molecule has 1 heterocycles. The van der Waals surface area contributed by atoms with E-state index >= 15 is 0 Å². The molecule has 1 saturated heterocycles. The molecular formula is C31H21BrCl4N2O2S. The lowest BCUT2D eigenvalue weighted by molar-refractivity contribution is -0.113. The van der Waals surface area contributed by atoms with Crippen LogP contribution in [0.2, 0.25) is 20.1 Å². The van der Waals surface area contributed by atoms with Crippen molar-refractivity contribution in [1.82, 2.24) is 0 Å². The third-order valence-corrected chi connectivity index (χ3v) is 9.09. The Hall–Kier alpha value is -2.45. The molecule has 0 aromatic heterocycles. The number of amidine groups is 1. The van der Waals surface area contributed by atoms with Crippen molar-refractivity contribution in [3.05, 3.63) is 125 Å². The van der Waals surface area contributed by atoms with Crippen molar-refractivity contribution < 1.29 is 9.53 Å². The maximum absolute atomic E-state index is 13.7. The number of thioether (sulfide) groups is 1. The third kappa shape index (κ3) is 6.96. The standard InChI is InChI=1S/C31H21BrCl4N2O2S/c1-17-3-9-22(14-24(17)33)37-31-38(23-10-4-18(2)25(34)15-23)30(39)28(41-31)13-20-11-26(35)29(27(36)12-20)40-16-19-5-7-21(32)8-6-19/h3-15H,16H2,1-2H3/b28-13+,37-31?. The van der Waals surface area contributed by atoms with Crippen molar-refractivity contribution >= 4 is 103 Å². The Kier molecular flexibility index (Phi) is 9.39. The first kappa shape index (κ1) is 30.0. The summed E-state index contributed by atoms with van der Waals surface area (Å²) in [7, 11) is 0. The number of carbonyl (C=O) groups excluding carboxylic acids is 1. The molecule has 0 N–H and O–H groups in total. The highest BCUT2D eigenvalue weighted by Crippen LogP contribution is 2.41. The Bertz CT molecular complexity index is 1700. The van der Waals surface area contributed by atoms with Gasteiger partial charge in [0, 0.05) is 14.5 Å². The predicted octanol–water partition coefficient (Wildman–Crippen LogP) is 11.1. The quantitative estimate of drug-likeness (QED) is 0.187. The van der Waals surface area contributed by atoms with Gasteiger partial charge in [0.2, 0.25) is 0 Å². The topological polar surface area (TPSA) is 41.9 Å². The molecule has 5 rings (SSSR count). The molecular weight excluding hydrogens is 686 g/mol. The van der Waals surface area contributed by atoms with Crippen LogP contribution >= 0.6 is 74.1 Å². The van der Waals surface area contributed by atoms with Crippen LogP contribution in [0, 0.1) is 13.8 Å². The van der Waals surface area contributed by atoms with Gasteiger partial charge in [0.1, 0.15) is 6.61 Å². The monoisotopic (exact) mass is 704 g/mol. The number of amides is 1. The van der Waals surface area contributed by atoms with E-state index in [1.165, 1.54) is 16.7 Å². The van der Waals surface area contributed by atoms with Gasteiger partial charge >= 0.3 is 0 Å². The number of ether oxygens (including phenoxy) is 1. The number of aryl methyl sites for hydroxylation is 2. The number of rotatable bonds is 6. The SMILES string of the molecule is Cc1ccc(N=C2S/C(=C/c3cc(Cl)c(OCc4ccc(Br)cc4)c(Cl)c3)C(=O)N2c2ccc(C)c(Cl)c2)cc1Cl. The lowest BCUT2D eigenvalue weighted by atomic mass is 10.2. The normalized spacial score (nSPS) is 15.3. The minimum atomic E-state index is -0.255. The minimum absolute atomic E-state index is 0.255. The van der Waals surface area contributed by atoms with Gasteiger partial charge in [-0.1, -0.05) is 86.6 Å². The van der Waals surface area contributed by atoms with Crippen molar-refractivity contribution in [1.29, 1.82) is 0 Å². The van der Waals surface area contributed by atoms with E-state index in [1.807, 2.05) is 62.4 Å². The van der Waals surface area contributed by atoms with Crippen molar-refractivity contribution in [2.45, 2.75) is 20.5 Å². The molecule has 0 aliphatic carbocycles. The van der Waals surface area contributed by atoms with Crippen LogP contribution in [-0.4, -0.2) is 11.1 Å². The average Bonchev–Trinajstić information content (AvgIpc) is 3.22. The van der Waals surface area contributed by atoms with Crippen LogP contribution in [0.1, 0.15) is 22.3 Å². The fourth-order valence-electron chi connectivity index (χ4n) is 3.95. The molecule has 4 nitrogen and oxygen atoms in total. The van der Waals surface area contributed by atoms with E-state index in [0.717, 1.165) is 21.2 Å². The van der Waals surface area contributed by atoms with Gasteiger partial charge in [0.15, 0.2) is 10.9 Å². The first-order valence-electron chi connectivity index (χ1n) is 12.3. The van der Waals surface area contributed by atoms with Crippen LogP contribution in [0.3, 0.4) is 0 Å². The van der Waals surface area contributed by atoms with Crippen LogP contribution < -0.4 is 9.64 Å². The van der Waals surface area contributed by atoms with E-state index in [2.05, 4.69) is 15.9 Å². The Morgan fingerprint density at radius 3 is 2.12 bits per heavy atom. The highest BCUT2D eigenvalue weighted by Gasteiger charge is 2.35. The number of hydrogen-bond donors (Lipinski definition) is 0. The zero-order valence-electron chi connectivity index (χ0n) is 21.7. The molecule has 208 valence electrons. The molecule has 0 saturated carbocycles. The summed E-state index contributed by atoms with van der Waals surface area (Å²) in [6.07, 6.45) is 1.73. The molecule has 41 heavy (non-hydrogen) atoms. The van der Waals surface area contributed by atoms with Crippen molar-refractivity contribution in [3.8, 4) is 5.75 Å². The van der Waals surface area contributed by atoms with E-state index in [-0.39, 0.29) is 5.91 Å². The second kappa shape index (κ2) is 12.8. The summed E-state index contributed by atoms with van der Waals surface area (Å²) in [5, 5.41) is 2.28. The maximum Gasteiger partial charge on any atom is 0.271 e. The number of anilines is 1. The summed E-state index contributed by atoms with van der Waals surface area (Å²) in [4.78, 5) is 20.5. The van der Waals surface area contributed by atoms with Gasteiger partial charge in [-0.3, -0.25) is 9.69 Å². The minimum Gasteiger partial charge on any atom is -0.486 e.